The Morgan fingerprint density at radius 2 is 1.76 bits per heavy atom. The molecule has 21 heavy (non-hydrogen) atoms. The highest BCUT2D eigenvalue weighted by molar-refractivity contribution is 5.47. The van der Waals surface area contributed by atoms with E-state index in [0.717, 1.165) is 11.3 Å². The zero-order chi connectivity index (χ0) is 14.7. The smallest absolute Gasteiger partial charge is 0.147 e. The number of hydrazine groups is 1. The first-order valence-corrected chi connectivity index (χ1v) is 6.57. The molecule has 1 heterocycles. The minimum atomic E-state index is -0.286. The topological polar surface area (TPSA) is 47.1 Å². The molecule has 0 radical (unpaired) electrons. The van der Waals surface area contributed by atoms with Crippen LogP contribution < -0.4 is 10.9 Å². The molecule has 0 aliphatic rings. The van der Waals surface area contributed by atoms with Crippen LogP contribution in [0.2, 0.25) is 0 Å². The van der Waals surface area contributed by atoms with Crippen LogP contribution in [0.1, 0.15) is 11.7 Å². The fraction of sp³-hybridized carbons (Fsp3) is 0.0625. The highest BCUT2D eigenvalue weighted by Crippen LogP contribution is 2.25. The van der Waals surface area contributed by atoms with Crippen LogP contribution >= 0.6 is 0 Å². The molecule has 2 aromatic carbocycles. The summed E-state index contributed by atoms with van der Waals surface area (Å²) in [6.45, 7) is 0. The molecule has 0 aliphatic carbocycles. The van der Waals surface area contributed by atoms with Gasteiger partial charge < -0.3 is 4.57 Å². The Bertz CT molecular complexity index is 680. The van der Waals surface area contributed by atoms with Crippen molar-refractivity contribution in [2.45, 2.75) is 6.17 Å². The Labute approximate surface area is 122 Å². The molecule has 0 fully saturated rings. The van der Waals surface area contributed by atoms with Crippen LogP contribution in [0.4, 0.5) is 10.1 Å². The third kappa shape index (κ3) is 2.78. The van der Waals surface area contributed by atoms with E-state index in [9.17, 15) is 4.39 Å². The summed E-state index contributed by atoms with van der Waals surface area (Å²) in [5, 5.41) is 1.59. The van der Waals surface area contributed by atoms with Gasteiger partial charge in [0.1, 0.15) is 12.0 Å². The second-order valence-corrected chi connectivity index (χ2v) is 4.68. The number of rotatable bonds is 4. The molecule has 0 saturated carbocycles. The van der Waals surface area contributed by atoms with E-state index in [4.69, 9.17) is 5.84 Å². The first kappa shape index (κ1) is 13.3. The van der Waals surface area contributed by atoms with Crippen molar-refractivity contribution in [2.75, 3.05) is 5.01 Å². The molecule has 0 amide bonds. The third-order valence-electron chi connectivity index (χ3n) is 3.29. The Hall–Kier alpha value is -2.66. The molecule has 1 atom stereocenters. The first-order valence-electron chi connectivity index (χ1n) is 6.57. The summed E-state index contributed by atoms with van der Waals surface area (Å²) in [7, 11) is 0. The number of hydrogen-bond donors (Lipinski definition) is 1. The normalized spacial score (nSPS) is 12.1. The molecular weight excluding hydrogens is 267 g/mol. The summed E-state index contributed by atoms with van der Waals surface area (Å²) < 4.78 is 15.0. The Morgan fingerprint density at radius 1 is 1.05 bits per heavy atom. The Kier molecular flexibility index (Phi) is 3.66. The maximum absolute atomic E-state index is 13.1. The highest BCUT2D eigenvalue weighted by Gasteiger charge is 2.19. The Morgan fingerprint density at radius 3 is 2.38 bits per heavy atom. The summed E-state index contributed by atoms with van der Waals surface area (Å²) in [4.78, 5) is 4.08. The van der Waals surface area contributed by atoms with Gasteiger partial charge in [-0.05, 0) is 29.8 Å². The molecule has 3 rings (SSSR count). The second kappa shape index (κ2) is 5.76. The van der Waals surface area contributed by atoms with E-state index in [1.807, 2.05) is 41.1 Å². The zero-order valence-corrected chi connectivity index (χ0v) is 11.3. The largest absolute Gasteiger partial charge is 0.311 e. The summed E-state index contributed by atoms with van der Waals surface area (Å²) in [6, 6.07) is 15.9. The highest BCUT2D eigenvalue weighted by atomic mass is 19.1. The van der Waals surface area contributed by atoms with Crippen LogP contribution in [0.3, 0.4) is 0 Å². The average molecular weight is 282 g/mol. The number of imidazole rings is 1. The standard InChI is InChI=1S/C16H15FN4/c17-14-6-8-15(9-7-14)21(18)16(20-11-10-19-12-20)13-4-2-1-3-5-13/h1-12,16H,18H2. The van der Waals surface area contributed by atoms with Gasteiger partial charge in [0.2, 0.25) is 0 Å². The van der Waals surface area contributed by atoms with E-state index in [2.05, 4.69) is 4.98 Å². The maximum atomic E-state index is 13.1. The van der Waals surface area contributed by atoms with Gasteiger partial charge in [0.25, 0.3) is 0 Å². The lowest BCUT2D eigenvalue weighted by Crippen LogP contribution is -2.38. The molecule has 0 spiro atoms. The van der Waals surface area contributed by atoms with Gasteiger partial charge in [0, 0.05) is 12.4 Å². The van der Waals surface area contributed by atoms with Crippen molar-refractivity contribution in [3.63, 3.8) is 0 Å². The third-order valence-corrected chi connectivity index (χ3v) is 3.29. The number of nitrogens with two attached hydrogens (primary N) is 1. The lowest BCUT2D eigenvalue weighted by atomic mass is 10.1. The number of anilines is 1. The average Bonchev–Trinajstić information content (AvgIpc) is 3.03. The van der Waals surface area contributed by atoms with Crippen LogP contribution in [-0.2, 0) is 0 Å². The fourth-order valence-electron chi connectivity index (χ4n) is 2.27. The van der Waals surface area contributed by atoms with Gasteiger partial charge >= 0.3 is 0 Å². The lowest BCUT2D eigenvalue weighted by molar-refractivity contribution is 0.549. The SMILES string of the molecule is NN(c1ccc(F)cc1)C(c1ccccc1)n1ccnc1. The predicted octanol–water partition coefficient (Wildman–Crippen LogP) is 2.95. The maximum Gasteiger partial charge on any atom is 0.147 e. The van der Waals surface area contributed by atoms with E-state index in [1.165, 1.54) is 12.1 Å². The molecule has 5 heteroatoms. The zero-order valence-electron chi connectivity index (χ0n) is 11.3. The molecule has 0 bridgehead atoms. The first-order chi connectivity index (χ1) is 10.3. The van der Waals surface area contributed by atoms with Crippen LogP contribution in [0, 0.1) is 5.82 Å². The molecule has 2 N–H and O–H groups in total. The van der Waals surface area contributed by atoms with Gasteiger partial charge in [-0.25, -0.2) is 15.2 Å². The number of halogens is 1. The van der Waals surface area contributed by atoms with Gasteiger partial charge in [0.15, 0.2) is 0 Å². The van der Waals surface area contributed by atoms with Crippen LogP contribution in [-0.4, -0.2) is 9.55 Å². The fourth-order valence-corrected chi connectivity index (χ4v) is 2.27. The lowest BCUT2D eigenvalue weighted by Gasteiger charge is -2.30. The summed E-state index contributed by atoms with van der Waals surface area (Å²) in [5.74, 6) is 5.99. The summed E-state index contributed by atoms with van der Waals surface area (Å²) >= 11 is 0. The van der Waals surface area contributed by atoms with Crippen molar-refractivity contribution < 1.29 is 4.39 Å². The minimum Gasteiger partial charge on any atom is -0.311 e. The van der Waals surface area contributed by atoms with E-state index in [-0.39, 0.29) is 12.0 Å². The molecule has 1 aromatic heterocycles. The van der Waals surface area contributed by atoms with Gasteiger partial charge in [-0.3, -0.25) is 5.01 Å². The van der Waals surface area contributed by atoms with Crippen molar-refractivity contribution >= 4 is 5.69 Å². The van der Waals surface area contributed by atoms with E-state index in [1.54, 1.807) is 29.7 Å². The molecule has 4 nitrogen and oxygen atoms in total. The predicted molar refractivity (Wildman–Crippen MR) is 79.9 cm³/mol. The summed E-state index contributed by atoms with van der Waals surface area (Å²) in [5.41, 5.74) is 1.74. The van der Waals surface area contributed by atoms with Gasteiger partial charge in [-0.1, -0.05) is 30.3 Å². The van der Waals surface area contributed by atoms with Crippen LogP contribution in [0.5, 0.6) is 0 Å². The number of aromatic nitrogens is 2. The molecule has 0 aliphatic heterocycles. The van der Waals surface area contributed by atoms with Gasteiger partial charge in [-0.15, -0.1) is 0 Å². The minimum absolute atomic E-state index is 0.251. The van der Waals surface area contributed by atoms with Crippen LogP contribution in [0.25, 0.3) is 0 Å². The van der Waals surface area contributed by atoms with Crippen molar-refractivity contribution in [2.24, 2.45) is 5.84 Å². The number of nitrogens with zero attached hydrogens (tertiary/aromatic N) is 3. The van der Waals surface area contributed by atoms with Crippen LogP contribution in [0.15, 0.2) is 73.3 Å². The monoisotopic (exact) mass is 282 g/mol. The molecular formula is C16H15FN4. The molecule has 1 unspecified atom stereocenters. The van der Waals surface area contributed by atoms with Gasteiger partial charge in [-0.2, -0.15) is 0 Å². The van der Waals surface area contributed by atoms with Crippen molar-refractivity contribution in [3.8, 4) is 0 Å². The van der Waals surface area contributed by atoms with E-state index < -0.39 is 0 Å². The number of benzene rings is 2. The quantitative estimate of drug-likeness (QED) is 0.591. The van der Waals surface area contributed by atoms with Crippen molar-refractivity contribution in [3.05, 3.63) is 84.7 Å². The summed E-state index contributed by atoms with van der Waals surface area (Å²) in [6.07, 6.45) is 5.01. The van der Waals surface area contributed by atoms with E-state index >= 15 is 0 Å². The molecule has 3 aromatic rings. The molecule has 0 saturated heterocycles. The van der Waals surface area contributed by atoms with Crippen molar-refractivity contribution in [1.29, 1.82) is 0 Å². The molecule has 106 valence electrons. The van der Waals surface area contributed by atoms with Gasteiger partial charge in [0.05, 0.1) is 12.0 Å². The number of hydrogen-bond acceptors (Lipinski definition) is 3. The Balaban J connectivity index is 2.01. The van der Waals surface area contributed by atoms with E-state index in [0.29, 0.717) is 0 Å². The van der Waals surface area contributed by atoms with Crippen molar-refractivity contribution in [1.82, 2.24) is 9.55 Å². The second-order valence-electron chi connectivity index (χ2n) is 4.68.